The fraction of sp³-hybridized carbons (Fsp3) is 0.429. The zero-order valence-corrected chi connectivity index (χ0v) is 11.5. The van der Waals surface area contributed by atoms with Crippen molar-refractivity contribution in [3.05, 3.63) is 30.4 Å². The van der Waals surface area contributed by atoms with Crippen molar-refractivity contribution >= 4 is 17.4 Å². The first-order valence-corrected chi connectivity index (χ1v) is 6.93. The van der Waals surface area contributed by atoms with E-state index < -0.39 is 5.97 Å². The van der Waals surface area contributed by atoms with Crippen LogP contribution < -0.4 is 0 Å². The Morgan fingerprint density at radius 1 is 1.29 bits per heavy atom. The van der Waals surface area contributed by atoms with Gasteiger partial charge in [-0.15, -0.1) is 0 Å². The molecule has 2 aromatic rings. The van der Waals surface area contributed by atoms with Gasteiger partial charge in [-0.2, -0.15) is 5.10 Å². The van der Waals surface area contributed by atoms with E-state index in [0.717, 1.165) is 12.8 Å². The minimum Gasteiger partial charge on any atom is -0.481 e. The maximum Gasteiger partial charge on any atom is 0.303 e. The number of amides is 1. The van der Waals surface area contributed by atoms with Gasteiger partial charge in [-0.3, -0.25) is 14.6 Å². The Labute approximate surface area is 121 Å². The summed E-state index contributed by atoms with van der Waals surface area (Å²) >= 11 is 0. The number of likely N-dealkylation sites (tertiary alicyclic amines) is 1. The van der Waals surface area contributed by atoms with Crippen molar-refractivity contribution in [2.45, 2.75) is 19.3 Å². The Morgan fingerprint density at radius 3 is 2.76 bits per heavy atom. The highest BCUT2D eigenvalue weighted by molar-refractivity contribution is 6.00. The number of hydrogen-bond donors (Lipinski definition) is 1. The van der Waals surface area contributed by atoms with Crippen LogP contribution in [0.2, 0.25) is 0 Å². The third-order valence-corrected chi connectivity index (χ3v) is 3.92. The molecule has 0 spiro atoms. The van der Waals surface area contributed by atoms with E-state index in [0.29, 0.717) is 24.2 Å². The molecule has 0 bridgehead atoms. The third kappa shape index (κ3) is 2.72. The normalized spacial score (nSPS) is 16.3. The second-order valence-corrected chi connectivity index (χ2v) is 5.30. The van der Waals surface area contributed by atoms with Crippen molar-refractivity contribution in [2.75, 3.05) is 13.1 Å². The molecular formula is C14H16N4O3. The van der Waals surface area contributed by atoms with Gasteiger partial charge >= 0.3 is 5.97 Å². The lowest BCUT2D eigenvalue weighted by atomic mass is 9.93. The largest absolute Gasteiger partial charge is 0.481 e. The van der Waals surface area contributed by atoms with Gasteiger partial charge in [-0.05, 0) is 18.8 Å². The van der Waals surface area contributed by atoms with Crippen LogP contribution in [-0.2, 0) is 4.79 Å². The fourth-order valence-electron chi connectivity index (χ4n) is 2.76. The Kier molecular flexibility index (Phi) is 3.55. The summed E-state index contributed by atoms with van der Waals surface area (Å²) in [6.45, 7) is 1.18. The highest BCUT2D eigenvalue weighted by Crippen LogP contribution is 2.22. The first kappa shape index (κ1) is 13.5. The van der Waals surface area contributed by atoms with Gasteiger partial charge in [0.2, 0.25) is 0 Å². The summed E-state index contributed by atoms with van der Waals surface area (Å²) in [5.74, 6) is -0.669. The summed E-state index contributed by atoms with van der Waals surface area (Å²) in [5.41, 5.74) is 1.23. The van der Waals surface area contributed by atoms with Crippen LogP contribution in [-0.4, -0.2) is 49.6 Å². The van der Waals surface area contributed by atoms with Crippen molar-refractivity contribution in [1.82, 2.24) is 19.5 Å². The second-order valence-electron chi connectivity index (χ2n) is 5.30. The topological polar surface area (TPSA) is 87.8 Å². The Bertz CT molecular complexity index is 674. The van der Waals surface area contributed by atoms with Gasteiger partial charge in [0.05, 0.1) is 23.5 Å². The molecule has 110 valence electrons. The number of nitrogens with zero attached hydrogens (tertiary/aromatic N) is 4. The van der Waals surface area contributed by atoms with Gasteiger partial charge in [0.25, 0.3) is 5.91 Å². The molecule has 0 aromatic carbocycles. The monoisotopic (exact) mass is 288 g/mol. The lowest BCUT2D eigenvalue weighted by molar-refractivity contribution is -0.138. The van der Waals surface area contributed by atoms with Crippen molar-refractivity contribution in [1.29, 1.82) is 0 Å². The maximum absolute atomic E-state index is 12.5. The predicted octanol–water partition coefficient (Wildman–Crippen LogP) is 1.06. The van der Waals surface area contributed by atoms with Gasteiger partial charge in [-0.1, -0.05) is 0 Å². The number of fused-ring (bicyclic) bond motifs is 1. The van der Waals surface area contributed by atoms with Crippen LogP contribution >= 0.6 is 0 Å². The number of carboxylic acid groups (broad SMARTS) is 1. The van der Waals surface area contributed by atoms with Crippen LogP contribution in [0, 0.1) is 5.92 Å². The second kappa shape index (κ2) is 5.51. The van der Waals surface area contributed by atoms with E-state index in [-0.39, 0.29) is 18.2 Å². The van der Waals surface area contributed by atoms with Crippen molar-refractivity contribution in [3.8, 4) is 0 Å². The van der Waals surface area contributed by atoms with Crippen molar-refractivity contribution < 1.29 is 14.7 Å². The van der Waals surface area contributed by atoms with Crippen LogP contribution in [0.3, 0.4) is 0 Å². The molecule has 0 atom stereocenters. The summed E-state index contributed by atoms with van der Waals surface area (Å²) in [7, 11) is 0. The number of piperidine rings is 1. The van der Waals surface area contributed by atoms with Crippen molar-refractivity contribution in [2.24, 2.45) is 5.92 Å². The van der Waals surface area contributed by atoms with E-state index in [2.05, 4.69) is 10.1 Å². The summed E-state index contributed by atoms with van der Waals surface area (Å²) < 4.78 is 1.62. The van der Waals surface area contributed by atoms with Gasteiger partial charge in [-0.25, -0.2) is 4.52 Å². The quantitative estimate of drug-likeness (QED) is 0.912. The molecule has 0 saturated carbocycles. The predicted molar refractivity (Wildman–Crippen MR) is 73.9 cm³/mol. The average molecular weight is 288 g/mol. The molecule has 7 nitrogen and oxygen atoms in total. The average Bonchev–Trinajstić information content (AvgIpc) is 2.90. The molecular weight excluding hydrogens is 272 g/mol. The SMILES string of the molecule is O=C(O)CC1CCN(C(=O)c2cnn3ccncc23)CC1. The number of rotatable bonds is 3. The Balaban J connectivity index is 1.71. The molecule has 3 rings (SSSR count). The van der Waals surface area contributed by atoms with E-state index >= 15 is 0 Å². The number of hydrogen-bond acceptors (Lipinski definition) is 4. The van der Waals surface area contributed by atoms with Gasteiger partial charge < -0.3 is 10.0 Å². The standard InChI is InChI=1S/C14H16N4O3/c19-13(20)7-10-1-4-17(5-2-10)14(21)11-8-16-18-6-3-15-9-12(11)18/h3,6,8-10H,1-2,4-5,7H2,(H,19,20). The molecule has 2 aromatic heterocycles. The van der Waals surface area contributed by atoms with E-state index in [4.69, 9.17) is 5.11 Å². The molecule has 1 amide bonds. The zero-order valence-electron chi connectivity index (χ0n) is 11.5. The smallest absolute Gasteiger partial charge is 0.303 e. The molecule has 1 aliphatic heterocycles. The molecule has 21 heavy (non-hydrogen) atoms. The van der Waals surface area contributed by atoms with Gasteiger partial charge in [0.1, 0.15) is 0 Å². The number of aliphatic carboxylic acids is 1. The van der Waals surface area contributed by atoms with E-state index in [1.54, 1.807) is 34.2 Å². The van der Waals surface area contributed by atoms with Crippen LogP contribution in [0.5, 0.6) is 0 Å². The Morgan fingerprint density at radius 2 is 2.05 bits per heavy atom. The van der Waals surface area contributed by atoms with Crippen LogP contribution in [0.15, 0.2) is 24.8 Å². The molecule has 0 radical (unpaired) electrons. The maximum atomic E-state index is 12.5. The van der Waals surface area contributed by atoms with E-state index in [1.165, 1.54) is 0 Å². The van der Waals surface area contributed by atoms with Crippen LogP contribution in [0.1, 0.15) is 29.6 Å². The third-order valence-electron chi connectivity index (χ3n) is 3.92. The molecule has 3 heterocycles. The lowest BCUT2D eigenvalue weighted by Crippen LogP contribution is -2.38. The van der Waals surface area contributed by atoms with Gasteiger partial charge in [0.15, 0.2) is 0 Å². The number of carbonyl (C=O) groups is 2. The molecule has 0 unspecified atom stereocenters. The van der Waals surface area contributed by atoms with Crippen molar-refractivity contribution in [3.63, 3.8) is 0 Å². The summed E-state index contributed by atoms with van der Waals surface area (Å²) in [6.07, 6.45) is 8.14. The molecule has 1 saturated heterocycles. The number of carbonyl (C=O) groups excluding carboxylic acids is 1. The summed E-state index contributed by atoms with van der Waals surface area (Å²) in [4.78, 5) is 29.0. The minimum absolute atomic E-state index is 0.0632. The van der Waals surface area contributed by atoms with Crippen LogP contribution in [0.4, 0.5) is 0 Å². The first-order chi connectivity index (χ1) is 10.1. The number of aromatic nitrogens is 3. The highest BCUT2D eigenvalue weighted by Gasteiger charge is 2.26. The zero-order chi connectivity index (χ0) is 14.8. The van der Waals surface area contributed by atoms with Gasteiger partial charge in [0, 0.05) is 31.9 Å². The summed E-state index contributed by atoms with van der Waals surface area (Å²) in [5, 5.41) is 13.0. The first-order valence-electron chi connectivity index (χ1n) is 6.93. The minimum atomic E-state index is -0.770. The Hall–Kier alpha value is -2.44. The summed E-state index contributed by atoms with van der Waals surface area (Å²) in [6, 6.07) is 0. The van der Waals surface area contributed by atoms with E-state index in [9.17, 15) is 9.59 Å². The highest BCUT2D eigenvalue weighted by atomic mass is 16.4. The van der Waals surface area contributed by atoms with E-state index in [1.807, 2.05) is 0 Å². The number of carboxylic acids is 1. The molecule has 1 N–H and O–H groups in total. The molecule has 1 aliphatic rings. The molecule has 7 heteroatoms. The molecule has 0 aliphatic carbocycles. The lowest BCUT2D eigenvalue weighted by Gasteiger charge is -2.31. The van der Waals surface area contributed by atoms with Crippen LogP contribution in [0.25, 0.3) is 5.52 Å². The molecule has 1 fully saturated rings. The fourth-order valence-corrected chi connectivity index (χ4v) is 2.76.